The highest BCUT2D eigenvalue weighted by atomic mass is 16.3. The van der Waals surface area contributed by atoms with Gasteiger partial charge in [0.05, 0.1) is 11.8 Å². The summed E-state index contributed by atoms with van der Waals surface area (Å²) in [5.41, 5.74) is 0.349. The summed E-state index contributed by atoms with van der Waals surface area (Å²) in [5, 5.41) is 9.64. The van der Waals surface area contributed by atoms with Crippen molar-refractivity contribution >= 4 is 5.91 Å². The standard InChI is InChI=1S/C13H18N2O2/c1-9-4-6-15(10(2)7-9)13(17)11-3-5-14-8-12(11)16/h3,5,8-10,16H,4,6-7H2,1-2H3. The largest absolute Gasteiger partial charge is 0.505 e. The van der Waals surface area contributed by atoms with Crippen LogP contribution in [0.4, 0.5) is 0 Å². The first-order chi connectivity index (χ1) is 8.09. The molecule has 2 atom stereocenters. The van der Waals surface area contributed by atoms with E-state index in [0.717, 1.165) is 19.4 Å². The molecule has 17 heavy (non-hydrogen) atoms. The van der Waals surface area contributed by atoms with Crippen LogP contribution in [0.1, 0.15) is 37.0 Å². The molecule has 1 aliphatic rings. The van der Waals surface area contributed by atoms with Crippen LogP contribution in [0.25, 0.3) is 0 Å². The van der Waals surface area contributed by atoms with Crippen molar-refractivity contribution in [1.82, 2.24) is 9.88 Å². The van der Waals surface area contributed by atoms with Gasteiger partial charge in [-0.3, -0.25) is 9.78 Å². The Hall–Kier alpha value is -1.58. The molecule has 92 valence electrons. The summed E-state index contributed by atoms with van der Waals surface area (Å²) in [5.74, 6) is 0.535. The van der Waals surface area contributed by atoms with Crippen molar-refractivity contribution in [3.05, 3.63) is 24.0 Å². The fourth-order valence-electron chi connectivity index (χ4n) is 2.43. The van der Waals surface area contributed by atoms with Gasteiger partial charge in [0.15, 0.2) is 0 Å². The molecular formula is C13H18N2O2. The third-order valence-electron chi connectivity index (χ3n) is 3.43. The lowest BCUT2D eigenvalue weighted by Crippen LogP contribution is -2.44. The van der Waals surface area contributed by atoms with Gasteiger partial charge >= 0.3 is 0 Å². The predicted octanol–water partition coefficient (Wildman–Crippen LogP) is 2.05. The van der Waals surface area contributed by atoms with E-state index in [1.54, 1.807) is 6.07 Å². The van der Waals surface area contributed by atoms with Crippen LogP contribution in [-0.2, 0) is 0 Å². The van der Waals surface area contributed by atoms with Crippen LogP contribution in [-0.4, -0.2) is 33.5 Å². The van der Waals surface area contributed by atoms with Gasteiger partial charge in [-0.25, -0.2) is 0 Å². The number of aromatic nitrogens is 1. The number of pyridine rings is 1. The summed E-state index contributed by atoms with van der Waals surface area (Å²) >= 11 is 0. The number of carbonyl (C=O) groups excluding carboxylic acids is 1. The first kappa shape index (κ1) is 11.9. The predicted molar refractivity (Wildman–Crippen MR) is 64.8 cm³/mol. The lowest BCUT2D eigenvalue weighted by atomic mass is 9.93. The molecule has 1 aromatic rings. The van der Waals surface area contributed by atoms with Crippen molar-refractivity contribution in [3.63, 3.8) is 0 Å². The molecule has 4 nitrogen and oxygen atoms in total. The van der Waals surface area contributed by atoms with E-state index in [1.165, 1.54) is 12.4 Å². The summed E-state index contributed by atoms with van der Waals surface area (Å²) in [4.78, 5) is 17.9. The zero-order chi connectivity index (χ0) is 12.4. The van der Waals surface area contributed by atoms with Crippen molar-refractivity contribution in [3.8, 4) is 5.75 Å². The Morgan fingerprint density at radius 3 is 2.94 bits per heavy atom. The maximum absolute atomic E-state index is 12.3. The molecule has 1 amide bonds. The minimum absolute atomic E-state index is 0.0386. The molecule has 0 aliphatic carbocycles. The molecular weight excluding hydrogens is 216 g/mol. The number of rotatable bonds is 1. The highest BCUT2D eigenvalue weighted by Crippen LogP contribution is 2.25. The van der Waals surface area contributed by atoms with Crippen LogP contribution in [0, 0.1) is 5.92 Å². The van der Waals surface area contributed by atoms with E-state index in [-0.39, 0.29) is 17.7 Å². The fourth-order valence-corrected chi connectivity index (χ4v) is 2.43. The normalized spacial score (nSPS) is 24.7. The summed E-state index contributed by atoms with van der Waals surface area (Å²) < 4.78 is 0. The Kier molecular flexibility index (Phi) is 3.31. The minimum Gasteiger partial charge on any atom is -0.505 e. The summed E-state index contributed by atoms with van der Waals surface area (Å²) in [6.45, 7) is 5.04. The van der Waals surface area contributed by atoms with Gasteiger partial charge in [-0.2, -0.15) is 0 Å². The van der Waals surface area contributed by atoms with Gasteiger partial charge in [-0.05, 0) is 31.7 Å². The van der Waals surface area contributed by atoms with Gasteiger partial charge < -0.3 is 10.0 Å². The van der Waals surface area contributed by atoms with E-state index < -0.39 is 0 Å². The van der Waals surface area contributed by atoms with Gasteiger partial charge in [0, 0.05) is 18.8 Å². The average molecular weight is 234 g/mol. The SMILES string of the molecule is CC1CCN(C(=O)c2ccncc2O)C(C)C1. The number of hydrogen-bond acceptors (Lipinski definition) is 3. The van der Waals surface area contributed by atoms with E-state index in [1.807, 2.05) is 4.90 Å². The van der Waals surface area contributed by atoms with Crippen LogP contribution >= 0.6 is 0 Å². The van der Waals surface area contributed by atoms with E-state index in [4.69, 9.17) is 0 Å². The van der Waals surface area contributed by atoms with Crippen molar-refractivity contribution in [1.29, 1.82) is 0 Å². The first-order valence-corrected chi connectivity index (χ1v) is 6.03. The van der Waals surface area contributed by atoms with E-state index in [2.05, 4.69) is 18.8 Å². The van der Waals surface area contributed by atoms with Gasteiger partial charge in [-0.15, -0.1) is 0 Å². The fraction of sp³-hybridized carbons (Fsp3) is 0.538. The maximum Gasteiger partial charge on any atom is 0.257 e. The van der Waals surface area contributed by atoms with Crippen LogP contribution in [0.15, 0.2) is 18.5 Å². The lowest BCUT2D eigenvalue weighted by molar-refractivity contribution is 0.0585. The first-order valence-electron chi connectivity index (χ1n) is 6.03. The number of carbonyl (C=O) groups is 1. The van der Waals surface area contributed by atoms with Gasteiger partial charge in [0.2, 0.25) is 0 Å². The smallest absolute Gasteiger partial charge is 0.257 e. The van der Waals surface area contributed by atoms with E-state index >= 15 is 0 Å². The number of aromatic hydroxyl groups is 1. The Labute approximate surface area is 101 Å². The number of hydrogen-bond donors (Lipinski definition) is 1. The Balaban J connectivity index is 2.18. The Morgan fingerprint density at radius 2 is 2.29 bits per heavy atom. The van der Waals surface area contributed by atoms with Crippen molar-refractivity contribution < 1.29 is 9.90 Å². The number of amides is 1. The molecule has 1 saturated heterocycles. The second-order valence-electron chi connectivity index (χ2n) is 4.87. The summed E-state index contributed by atoms with van der Waals surface area (Å²) in [7, 11) is 0. The summed E-state index contributed by atoms with van der Waals surface area (Å²) in [6.07, 6.45) is 4.90. The van der Waals surface area contributed by atoms with Gasteiger partial charge in [0.25, 0.3) is 5.91 Å². The molecule has 1 fully saturated rings. The monoisotopic (exact) mass is 234 g/mol. The molecule has 0 bridgehead atoms. The van der Waals surface area contributed by atoms with E-state index in [0.29, 0.717) is 11.5 Å². The van der Waals surface area contributed by atoms with Crippen molar-refractivity contribution in [2.45, 2.75) is 32.7 Å². The van der Waals surface area contributed by atoms with Crippen LogP contribution in [0.5, 0.6) is 5.75 Å². The molecule has 2 rings (SSSR count). The second-order valence-corrected chi connectivity index (χ2v) is 4.87. The molecule has 4 heteroatoms. The Morgan fingerprint density at radius 1 is 1.53 bits per heavy atom. The van der Waals surface area contributed by atoms with Gasteiger partial charge in [-0.1, -0.05) is 6.92 Å². The zero-order valence-corrected chi connectivity index (χ0v) is 10.3. The van der Waals surface area contributed by atoms with Gasteiger partial charge in [0.1, 0.15) is 5.75 Å². The van der Waals surface area contributed by atoms with Crippen molar-refractivity contribution in [2.24, 2.45) is 5.92 Å². The number of likely N-dealkylation sites (tertiary alicyclic amines) is 1. The zero-order valence-electron chi connectivity index (χ0n) is 10.3. The second kappa shape index (κ2) is 4.73. The molecule has 1 aromatic heterocycles. The topological polar surface area (TPSA) is 53.4 Å². The lowest BCUT2D eigenvalue weighted by Gasteiger charge is -2.36. The highest BCUT2D eigenvalue weighted by Gasteiger charge is 2.28. The third kappa shape index (κ3) is 2.40. The molecule has 2 heterocycles. The molecule has 0 saturated carbocycles. The molecule has 0 aromatic carbocycles. The number of piperidine rings is 1. The van der Waals surface area contributed by atoms with E-state index in [9.17, 15) is 9.90 Å². The molecule has 0 spiro atoms. The number of nitrogens with zero attached hydrogens (tertiary/aromatic N) is 2. The molecule has 1 N–H and O–H groups in total. The molecule has 1 aliphatic heterocycles. The summed E-state index contributed by atoms with van der Waals surface area (Å²) in [6, 6.07) is 1.81. The third-order valence-corrected chi connectivity index (χ3v) is 3.43. The average Bonchev–Trinajstić information content (AvgIpc) is 2.29. The highest BCUT2D eigenvalue weighted by molar-refractivity contribution is 5.96. The molecule has 2 unspecified atom stereocenters. The minimum atomic E-state index is -0.0932. The Bertz CT molecular complexity index is 420. The molecule has 0 radical (unpaired) electrons. The van der Waals surface area contributed by atoms with Crippen molar-refractivity contribution in [2.75, 3.05) is 6.54 Å². The van der Waals surface area contributed by atoms with Crippen LogP contribution in [0.2, 0.25) is 0 Å². The quantitative estimate of drug-likeness (QED) is 0.809. The maximum atomic E-state index is 12.3. The van der Waals surface area contributed by atoms with Crippen LogP contribution < -0.4 is 0 Å². The van der Waals surface area contributed by atoms with Crippen LogP contribution in [0.3, 0.4) is 0 Å².